The van der Waals surface area contributed by atoms with Crippen LogP contribution in [0.2, 0.25) is 0 Å². The van der Waals surface area contributed by atoms with E-state index in [9.17, 15) is 18.4 Å². The van der Waals surface area contributed by atoms with Crippen LogP contribution in [-0.2, 0) is 14.3 Å². The van der Waals surface area contributed by atoms with E-state index >= 15 is 0 Å². The molecule has 0 radical (unpaired) electrons. The van der Waals surface area contributed by atoms with Gasteiger partial charge in [0.15, 0.2) is 29.7 Å². The number of anilines is 1. The topological polar surface area (TPSA) is 73.9 Å². The lowest BCUT2D eigenvalue weighted by Gasteiger charge is -2.18. The fourth-order valence-electron chi connectivity index (χ4n) is 2.21. The summed E-state index contributed by atoms with van der Waals surface area (Å²) in [5, 5.41) is 2.31. The van der Waals surface area contributed by atoms with Crippen LogP contribution in [0.3, 0.4) is 0 Å². The second-order valence-corrected chi connectivity index (χ2v) is 6.48. The molecule has 1 N–H and O–H groups in total. The quantitative estimate of drug-likeness (QED) is 0.599. The normalized spacial score (nSPS) is 12.4. The Hall–Kier alpha value is -2.81. The van der Waals surface area contributed by atoms with Gasteiger partial charge in [0.05, 0.1) is 5.75 Å². The summed E-state index contributed by atoms with van der Waals surface area (Å²) in [6.45, 7) is 0.439. The van der Waals surface area contributed by atoms with Crippen molar-refractivity contribution in [1.82, 2.24) is 0 Å². The average molecular weight is 395 g/mol. The summed E-state index contributed by atoms with van der Waals surface area (Å²) in [6, 6.07) is 8.25. The predicted octanol–water partition coefficient (Wildman–Crippen LogP) is 3.01. The number of carbonyl (C=O) groups is 2. The number of thioether (sulfide) groups is 1. The molecule has 0 bridgehead atoms. The SMILES string of the molecule is O=C(COC(=O)CSc1ccc2c(c1)OCCO2)Nc1ccc(F)c(F)c1. The second kappa shape index (κ2) is 8.72. The van der Waals surface area contributed by atoms with Crippen LogP contribution in [0.25, 0.3) is 0 Å². The number of rotatable bonds is 6. The van der Waals surface area contributed by atoms with Crippen molar-refractivity contribution in [3.63, 3.8) is 0 Å². The first kappa shape index (κ1) is 19.0. The number of ether oxygens (including phenoxy) is 3. The summed E-state index contributed by atoms with van der Waals surface area (Å²) < 4.78 is 41.7. The third kappa shape index (κ3) is 5.33. The number of esters is 1. The van der Waals surface area contributed by atoms with Crippen LogP contribution in [0.5, 0.6) is 11.5 Å². The number of halogens is 2. The summed E-state index contributed by atoms with van der Waals surface area (Å²) in [5.41, 5.74) is 0.0700. The van der Waals surface area contributed by atoms with Crippen molar-refractivity contribution >= 4 is 29.3 Å². The molecule has 2 aromatic rings. The van der Waals surface area contributed by atoms with E-state index in [-0.39, 0.29) is 11.4 Å². The lowest BCUT2D eigenvalue weighted by Crippen LogP contribution is -2.21. The highest BCUT2D eigenvalue weighted by atomic mass is 32.2. The van der Waals surface area contributed by atoms with Gasteiger partial charge in [-0.2, -0.15) is 0 Å². The second-order valence-electron chi connectivity index (χ2n) is 5.43. The monoisotopic (exact) mass is 395 g/mol. The maximum Gasteiger partial charge on any atom is 0.316 e. The van der Waals surface area contributed by atoms with E-state index in [2.05, 4.69) is 5.32 Å². The zero-order valence-electron chi connectivity index (χ0n) is 14.0. The van der Waals surface area contributed by atoms with Crippen LogP contribution >= 0.6 is 11.8 Å². The highest BCUT2D eigenvalue weighted by molar-refractivity contribution is 8.00. The Labute approximate surface area is 157 Å². The van der Waals surface area contributed by atoms with Gasteiger partial charge in [0.1, 0.15) is 13.2 Å². The van der Waals surface area contributed by atoms with Crippen molar-refractivity contribution in [2.24, 2.45) is 0 Å². The predicted molar refractivity (Wildman–Crippen MR) is 94.1 cm³/mol. The third-order valence-corrected chi connectivity index (χ3v) is 4.41. The number of amides is 1. The minimum Gasteiger partial charge on any atom is -0.486 e. The van der Waals surface area contributed by atoms with Crippen molar-refractivity contribution in [1.29, 1.82) is 0 Å². The van der Waals surface area contributed by atoms with Gasteiger partial charge in [0.2, 0.25) is 0 Å². The molecule has 0 spiro atoms. The zero-order chi connectivity index (χ0) is 19.2. The molecule has 1 aliphatic rings. The fourth-order valence-corrected chi connectivity index (χ4v) is 2.94. The minimum absolute atomic E-state index is 0.00188. The molecule has 27 heavy (non-hydrogen) atoms. The summed E-state index contributed by atoms with van der Waals surface area (Å²) in [5.74, 6) is -2.07. The van der Waals surface area contributed by atoms with Gasteiger partial charge in [-0.05, 0) is 30.3 Å². The molecule has 0 aromatic heterocycles. The molecule has 0 fully saturated rings. The average Bonchev–Trinajstić information content (AvgIpc) is 2.67. The Bertz CT molecular complexity index is 862. The molecule has 1 amide bonds. The fraction of sp³-hybridized carbons (Fsp3) is 0.222. The summed E-state index contributed by atoms with van der Waals surface area (Å²) in [4.78, 5) is 24.3. The van der Waals surface area contributed by atoms with Gasteiger partial charge in [-0.25, -0.2) is 8.78 Å². The lowest BCUT2D eigenvalue weighted by atomic mass is 10.3. The molecule has 0 atom stereocenters. The van der Waals surface area contributed by atoms with Crippen molar-refractivity contribution < 1.29 is 32.6 Å². The van der Waals surface area contributed by atoms with E-state index < -0.39 is 30.1 Å². The molecule has 0 unspecified atom stereocenters. The van der Waals surface area contributed by atoms with Crippen molar-refractivity contribution in [2.75, 3.05) is 30.9 Å². The first-order valence-corrected chi connectivity index (χ1v) is 8.93. The van der Waals surface area contributed by atoms with Gasteiger partial charge in [-0.3, -0.25) is 9.59 Å². The molecular formula is C18H15F2NO5S. The number of hydrogen-bond donors (Lipinski definition) is 1. The Kier molecular flexibility index (Phi) is 6.12. The molecular weight excluding hydrogens is 380 g/mol. The van der Waals surface area contributed by atoms with E-state index in [1.807, 2.05) is 0 Å². The highest BCUT2D eigenvalue weighted by Gasteiger charge is 2.14. The van der Waals surface area contributed by atoms with E-state index in [1.165, 1.54) is 17.8 Å². The summed E-state index contributed by atoms with van der Waals surface area (Å²) >= 11 is 1.23. The van der Waals surface area contributed by atoms with E-state index in [0.717, 1.165) is 17.0 Å². The van der Waals surface area contributed by atoms with Crippen LogP contribution < -0.4 is 14.8 Å². The molecule has 9 heteroatoms. The van der Waals surface area contributed by atoms with Crippen molar-refractivity contribution in [2.45, 2.75) is 4.90 Å². The minimum atomic E-state index is -1.08. The summed E-state index contributed by atoms with van der Waals surface area (Å²) in [7, 11) is 0. The largest absolute Gasteiger partial charge is 0.486 e. The van der Waals surface area contributed by atoms with Crippen LogP contribution in [0.4, 0.5) is 14.5 Å². The zero-order valence-corrected chi connectivity index (χ0v) is 14.8. The van der Waals surface area contributed by atoms with Gasteiger partial charge in [0, 0.05) is 16.6 Å². The third-order valence-electron chi connectivity index (χ3n) is 3.44. The van der Waals surface area contributed by atoms with Gasteiger partial charge >= 0.3 is 5.97 Å². The molecule has 142 valence electrons. The van der Waals surface area contributed by atoms with E-state index in [4.69, 9.17) is 14.2 Å². The van der Waals surface area contributed by atoms with Crippen molar-refractivity contribution in [3.8, 4) is 11.5 Å². The van der Waals surface area contributed by atoms with Gasteiger partial charge in [-0.15, -0.1) is 11.8 Å². The molecule has 1 heterocycles. The first-order valence-electron chi connectivity index (χ1n) is 7.94. The Morgan fingerprint density at radius 1 is 1.04 bits per heavy atom. The number of benzene rings is 2. The maximum absolute atomic E-state index is 13.1. The molecule has 1 aliphatic heterocycles. The van der Waals surface area contributed by atoms with Crippen LogP contribution in [0.15, 0.2) is 41.3 Å². The molecule has 0 aliphatic carbocycles. The van der Waals surface area contributed by atoms with Gasteiger partial charge in [-0.1, -0.05) is 0 Å². The van der Waals surface area contributed by atoms with E-state index in [1.54, 1.807) is 18.2 Å². The molecule has 0 saturated carbocycles. The standard InChI is InChI=1S/C18H15F2NO5S/c19-13-3-1-11(7-14(13)20)21-17(22)9-26-18(23)10-27-12-2-4-15-16(8-12)25-6-5-24-15/h1-4,7-8H,5-6,9-10H2,(H,21,22). The maximum atomic E-state index is 13.1. The molecule has 0 saturated heterocycles. The van der Waals surface area contributed by atoms with Crippen LogP contribution in [0, 0.1) is 11.6 Å². The van der Waals surface area contributed by atoms with Gasteiger partial charge in [0.25, 0.3) is 5.91 Å². The Balaban J connectivity index is 1.42. The number of fused-ring (bicyclic) bond motifs is 1. The number of nitrogens with one attached hydrogen (secondary N) is 1. The number of carbonyl (C=O) groups excluding carboxylic acids is 2. The Morgan fingerprint density at radius 3 is 2.59 bits per heavy atom. The van der Waals surface area contributed by atoms with E-state index in [0.29, 0.717) is 24.7 Å². The molecule has 6 nitrogen and oxygen atoms in total. The van der Waals surface area contributed by atoms with Gasteiger partial charge < -0.3 is 19.5 Å². The highest BCUT2D eigenvalue weighted by Crippen LogP contribution is 2.34. The smallest absolute Gasteiger partial charge is 0.316 e. The van der Waals surface area contributed by atoms with Crippen LogP contribution in [0.1, 0.15) is 0 Å². The first-order chi connectivity index (χ1) is 13.0. The summed E-state index contributed by atoms with van der Waals surface area (Å²) in [6.07, 6.45) is 0. The Morgan fingerprint density at radius 2 is 1.81 bits per heavy atom. The number of hydrogen-bond acceptors (Lipinski definition) is 6. The van der Waals surface area contributed by atoms with Crippen molar-refractivity contribution in [3.05, 3.63) is 48.0 Å². The lowest BCUT2D eigenvalue weighted by molar-refractivity contribution is -0.144. The van der Waals surface area contributed by atoms with Crippen LogP contribution in [-0.4, -0.2) is 37.4 Å². The molecule has 2 aromatic carbocycles. The molecule has 3 rings (SSSR count).